The Balaban J connectivity index is 1.62. The van der Waals surface area contributed by atoms with Crippen molar-refractivity contribution in [2.45, 2.75) is 49.6 Å². The highest BCUT2D eigenvalue weighted by atomic mass is 32.2. The molecule has 1 saturated heterocycles. The van der Waals surface area contributed by atoms with Crippen molar-refractivity contribution in [3.63, 3.8) is 0 Å². The number of nitrogens with one attached hydrogen (secondary N) is 1. The highest BCUT2D eigenvalue weighted by Gasteiger charge is 2.47. The van der Waals surface area contributed by atoms with Gasteiger partial charge in [0.15, 0.2) is 5.03 Å². The first-order valence-corrected chi connectivity index (χ1v) is 10.2. The van der Waals surface area contributed by atoms with E-state index >= 15 is 0 Å². The molecule has 1 amide bonds. The summed E-state index contributed by atoms with van der Waals surface area (Å²) in [7, 11) is -1.95. The van der Waals surface area contributed by atoms with Crippen LogP contribution in [0.2, 0.25) is 0 Å². The number of sulfonamides is 1. The van der Waals surface area contributed by atoms with E-state index in [0.29, 0.717) is 31.5 Å². The van der Waals surface area contributed by atoms with Crippen molar-refractivity contribution in [3.05, 3.63) is 12.0 Å². The third-order valence-corrected chi connectivity index (χ3v) is 7.26. The molecule has 1 saturated carbocycles. The lowest BCUT2D eigenvalue weighted by atomic mass is 9.76. The third-order valence-electron chi connectivity index (χ3n) is 5.49. The first-order chi connectivity index (χ1) is 12.2. The lowest BCUT2D eigenvalue weighted by Gasteiger charge is -2.40. The Morgan fingerprint density at radius 1 is 1.31 bits per heavy atom. The fraction of sp³-hybridized carbons (Fsp3) is 0.688. The molecule has 2 fully saturated rings. The Bertz CT molecular complexity index is 800. The van der Waals surface area contributed by atoms with Gasteiger partial charge >= 0.3 is 5.97 Å². The maximum Gasteiger partial charge on any atom is 0.329 e. The molecule has 0 radical (unpaired) electrons. The molecule has 1 aliphatic carbocycles. The largest absolute Gasteiger partial charge is 0.480 e. The van der Waals surface area contributed by atoms with Gasteiger partial charge in [0.05, 0.1) is 0 Å². The summed E-state index contributed by atoms with van der Waals surface area (Å²) >= 11 is 0. The lowest BCUT2D eigenvalue weighted by Crippen LogP contribution is -2.60. The second-order valence-electron chi connectivity index (χ2n) is 7.15. The van der Waals surface area contributed by atoms with Gasteiger partial charge in [0, 0.05) is 32.3 Å². The zero-order chi connectivity index (χ0) is 19.1. The summed E-state index contributed by atoms with van der Waals surface area (Å²) in [6.45, 7) is 2.17. The van der Waals surface area contributed by atoms with E-state index in [1.807, 2.05) is 0 Å². The highest BCUT2D eigenvalue weighted by molar-refractivity contribution is 7.89. The first-order valence-electron chi connectivity index (χ1n) is 8.71. The number of hydrogen-bond acceptors (Lipinski definition) is 5. The number of rotatable bonds is 5. The number of aromatic nitrogens is 2. The van der Waals surface area contributed by atoms with E-state index in [2.05, 4.69) is 10.3 Å². The molecule has 2 N–H and O–H groups in total. The van der Waals surface area contributed by atoms with Crippen LogP contribution in [0.4, 0.5) is 0 Å². The summed E-state index contributed by atoms with van der Waals surface area (Å²) in [5, 5.41) is 12.0. The number of amides is 1. The van der Waals surface area contributed by atoms with Gasteiger partial charge in [0.25, 0.3) is 10.0 Å². The molecule has 0 unspecified atom stereocenters. The van der Waals surface area contributed by atoms with Crippen molar-refractivity contribution in [2.24, 2.45) is 13.0 Å². The van der Waals surface area contributed by atoms with Gasteiger partial charge in [-0.2, -0.15) is 4.31 Å². The van der Waals surface area contributed by atoms with Crippen LogP contribution in [-0.2, 0) is 26.7 Å². The van der Waals surface area contributed by atoms with Crippen molar-refractivity contribution in [3.8, 4) is 0 Å². The number of imidazole rings is 1. The second-order valence-corrected chi connectivity index (χ2v) is 9.03. The second kappa shape index (κ2) is 6.66. The van der Waals surface area contributed by atoms with Crippen LogP contribution in [0.1, 0.15) is 37.9 Å². The van der Waals surface area contributed by atoms with E-state index in [4.69, 9.17) is 0 Å². The summed E-state index contributed by atoms with van der Waals surface area (Å²) < 4.78 is 28.3. The van der Waals surface area contributed by atoms with Crippen LogP contribution in [0.15, 0.2) is 11.2 Å². The fourth-order valence-electron chi connectivity index (χ4n) is 3.40. The van der Waals surface area contributed by atoms with Crippen molar-refractivity contribution < 1.29 is 23.1 Å². The molecule has 0 atom stereocenters. The van der Waals surface area contributed by atoms with Crippen LogP contribution in [-0.4, -0.2) is 57.9 Å². The van der Waals surface area contributed by atoms with Crippen molar-refractivity contribution in [1.82, 2.24) is 19.2 Å². The van der Waals surface area contributed by atoms with Crippen molar-refractivity contribution >= 4 is 21.9 Å². The quantitative estimate of drug-likeness (QED) is 0.751. The number of hydrogen-bond donors (Lipinski definition) is 2. The van der Waals surface area contributed by atoms with Crippen LogP contribution in [0.25, 0.3) is 0 Å². The number of aryl methyl sites for hydroxylation is 2. The molecule has 2 aliphatic rings. The molecule has 0 aromatic carbocycles. The van der Waals surface area contributed by atoms with E-state index in [1.54, 1.807) is 18.5 Å². The monoisotopic (exact) mass is 384 g/mol. The average Bonchev–Trinajstić information content (AvgIpc) is 2.90. The molecular formula is C16H24N4O5S. The summed E-state index contributed by atoms with van der Waals surface area (Å²) in [5.74, 6) is -1.05. The van der Waals surface area contributed by atoms with Gasteiger partial charge in [-0.3, -0.25) is 4.79 Å². The molecule has 1 aliphatic heterocycles. The number of nitrogens with zero attached hydrogens (tertiary/aromatic N) is 3. The SMILES string of the molecule is Cc1nc(S(=O)(=O)N2CCC(C(=O)NC3(C(=O)O)CCC3)CC2)cn1C. The zero-order valence-electron chi connectivity index (χ0n) is 14.9. The molecule has 1 aromatic rings. The predicted molar refractivity (Wildman–Crippen MR) is 91.8 cm³/mol. The Morgan fingerprint density at radius 3 is 2.35 bits per heavy atom. The fourth-order valence-corrected chi connectivity index (χ4v) is 4.90. The third kappa shape index (κ3) is 3.23. The van der Waals surface area contributed by atoms with Gasteiger partial charge in [-0.05, 0) is 39.0 Å². The molecule has 0 spiro atoms. The van der Waals surface area contributed by atoms with Gasteiger partial charge in [0.2, 0.25) is 5.91 Å². The molecular weight excluding hydrogens is 360 g/mol. The van der Waals surface area contributed by atoms with E-state index in [0.717, 1.165) is 6.42 Å². The summed E-state index contributed by atoms with van der Waals surface area (Å²) in [6.07, 6.45) is 3.89. The minimum Gasteiger partial charge on any atom is -0.480 e. The maximum absolute atomic E-state index is 12.7. The minimum absolute atomic E-state index is 0.0136. The number of carboxylic acids is 1. The summed E-state index contributed by atoms with van der Waals surface area (Å²) in [6, 6.07) is 0. The molecule has 2 heterocycles. The number of piperidine rings is 1. The van der Waals surface area contributed by atoms with Crippen LogP contribution < -0.4 is 5.32 Å². The Morgan fingerprint density at radius 2 is 1.92 bits per heavy atom. The van der Waals surface area contributed by atoms with Gasteiger partial charge < -0.3 is 15.0 Å². The predicted octanol–water partition coefficient (Wildman–Crippen LogP) is 0.253. The molecule has 9 nitrogen and oxygen atoms in total. The molecule has 3 rings (SSSR count). The van der Waals surface area contributed by atoms with Crippen LogP contribution in [0.5, 0.6) is 0 Å². The normalized spacial score (nSPS) is 21.2. The van der Waals surface area contributed by atoms with Crippen molar-refractivity contribution in [2.75, 3.05) is 13.1 Å². The topological polar surface area (TPSA) is 122 Å². The smallest absolute Gasteiger partial charge is 0.329 e. The van der Waals surface area contributed by atoms with Gasteiger partial charge in [0.1, 0.15) is 11.4 Å². The standard InChI is InChI=1S/C16H24N4O5S/c1-11-17-13(10-19(11)2)26(24,25)20-8-4-12(5-9-20)14(21)18-16(15(22)23)6-3-7-16/h10,12H,3-9H2,1-2H3,(H,18,21)(H,22,23). The van der Waals surface area contributed by atoms with Crippen LogP contribution >= 0.6 is 0 Å². The minimum atomic E-state index is -3.68. The lowest BCUT2D eigenvalue weighted by molar-refractivity contribution is -0.152. The number of aliphatic carboxylic acids is 1. The van der Waals surface area contributed by atoms with Gasteiger partial charge in [-0.1, -0.05) is 0 Å². The summed E-state index contributed by atoms with van der Waals surface area (Å²) in [5.41, 5.74) is -1.13. The zero-order valence-corrected chi connectivity index (χ0v) is 15.8. The molecule has 1 aromatic heterocycles. The number of carbonyl (C=O) groups is 2. The van der Waals surface area contributed by atoms with Gasteiger partial charge in [-0.25, -0.2) is 18.2 Å². The Kier molecular flexibility index (Phi) is 4.82. The summed E-state index contributed by atoms with van der Waals surface area (Å²) in [4.78, 5) is 27.9. The van der Waals surface area contributed by atoms with Crippen LogP contribution in [0.3, 0.4) is 0 Å². The van der Waals surface area contributed by atoms with E-state index in [-0.39, 0.29) is 29.9 Å². The molecule has 26 heavy (non-hydrogen) atoms. The molecule has 144 valence electrons. The van der Waals surface area contributed by atoms with E-state index < -0.39 is 21.5 Å². The molecule has 0 bridgehead atoms. The van der Waals surface area contributed by atoms with E-state index in [9.17, 15) is 23.1 Å². The maximum atomic E-state index is 12.7. The average molecular weight is 384 g/mol. The highest BCUT2D eigenvalue weighted by Crippen LogP contribution is 2.33. The Hall–Kier alpha value is -1.94. The Labute approximate surface area is 152 Å². The first kappa shape index (κ1) is 18.8. The molecule has 10 heteroatoms. The van der Waals surface area contributed by atoms with Gasteiger partial charge in [-0.15, -0.1) is 0 Å². The number of carboxylic acid groups (broad SMARTS) is 1. The van der Waals surface area contributed by atoms with E-state index in [1.165, 1.54) is 10.5 Å². The van der Waals surface area contributed by atoms with Crippen molar-refractivity contribution in [1.29, 1.82) is 0 Å². The number of carbonyl (C=O) groups excluding carboxylic acids is 1. The van der Waals surface area contributed by atoms with Crippen LogP contribution in [0, 0.1) is 12.8 Å².